The van der Waals surface area contributed by atoms with Crippen molar-refractivity contribution >= 4 is 15.9 Å². The molecule has 0 aliphatic carbocycles. The molecule has 1 aliphatic rings. The second-order valence-corrected chi connectivity index (χ2v) is 5.56. The second kappa shape index (κ2) is 5.36. The zero-order valence-corrected chi connectivity index (χ0v) is 11.5. The summed E-state index contributed by atoms with van der Waals surface area (Å²) in [5.74, 6) is 0.421. The van der Waals surface area contributed by atoms with Crippen molar-refractivity contribution in [2.45, 2.75) is 26.2 Å². The van der Waals surface area contributed by atoms with Gasteiger partial charge in [0.25, 0.3) is 0 Å². The highest BCUT2D eigenvalue weighted by atomic mass is 79.9. The molecule has 0 radical (unpaired) electrons. The molecule has 1 aromatic rings. The van der Waals surface area contributed by atoms with Crippen molar-refractivity contribution in [2.24, 2.45) is 5.92 Å². The van der Waals surface area contributed by atoms with Crippen LogP contribution in [0.2, 0.25) is 0 Å². The zero-order valence-electron chi connectivity index (χ0n) is 9.89. The Morgan fingerprint density at radius 3 is 3.00 bits per heavy atom. The Hall–Kier alpha value is -0.610. The molecule has 1 saturated heterocycles. The van der Waals surface area contributed by atoms with Crippen molar-refractivity contribution in [1.82, 2.24) is 5.32 Å². The number of hydrogen-bond acceptors (Lipinski definition) is 2. The summed E-state index contributed by atoms with van der Waals surface area (Å²) in [5, 5.41) is 13.3. The Bertz CT molecular complexity index is 390. The number of benzene rings is 1. The maximum absolute atomic E-state index is 13.6. The van der Waals surface area contributed by atoms with Crippen LogP contribution in [0.5, 0.6) is 5.75 Å². The maximum Gasteiger partial charge on any atom is 0.133 e. The molecule has 1 aromatic carbocycles. The van der Waals surface area contributed by atoms with Crippen LogP contribution in [0.15, 0.2) is 10.5 Å². The van der Waals surface area contributed by atoms with E-state index in [0.717, 1.165) is 37.9 Å². The predicted octanol–water partition coefficient (Wildman–Crippen LogP) is 3.14. The molecule has 4 heteroatoms. The monoisotopic (exact) mass is 301 g/mol. The zero-order chi connectivity index (χ0) is 12.4. The Labute approximate surface area is 109 Å². The summed E-state index contributed by atoms with van der Waals surface area (Å²) in [5.41, 5.74) is 1.31. The number of hydrogen-bond donors (Lipinski definition) is 2. The van der Waals surface area contributed by atoms with Crippen LogP contribution in [0.1, 0.15) is 24.0 Å². The first kappa shape index (κ1) is 12.8. The third kappa shape index (κ3) is 2.80. The molecular formula is C13H17BrFNO. The lowest BCUT2D eigenvalue weighted by molar-refractivity contribution is 0.368. The summed E-state index contributed by atoms with van der Waals surface area (Å²) in [6, 6.07) is 1.33. The summed E-state index contributed by atoms with van der Waals surface area (Å²) in [4.78, 5) is 0. The first-order valence-electron chi connectivity index (χ1n) is 5.96. The molecule has 1 aliphatic heterocycles. The van der Waals surface area contributed by atoms with E-state index in [1.807, 2.05) is 0 Å². The number of nitrogens with one attached hydrogen (secondary N) is 1. The molecule has 0 bridgehead atoms. The lowest BCUT2D eigenvalue weighted by Gasteiger charge is -2.24. The van der Waals surface area contributed by atoms with E-state index in [9.17, 15) is 9.50 Å². The highest BCUT2D eigenvalue weighted by Crippen LogP contribution is 2.34. The SMILES string of the molecule is Cc1c(F)cc(Br)c(O)c1CC1CCCNC1. The maximum atomic E-state index is 13.6. The van der Waals surface area contributed by atoms with Crippen molar-refractivity contribution in [3.8, 4) is 5.75 Å². The fourth-order valence-electron chi connectivity index (χ4n) is 2.39. The molecule has 0 aromatic heterocycles. The van der Waals surface area contributed by atoms with E-state index in [-0.39, 0.29) is 11.6 Å². The Balaban J connectivity index is 2.24. The Kier molecular flexibility index (Phi) is 4.05. The van der Waals surface area contributed by atoms with Crippen LogP contribution < -0.4 is 5.32 Å². The molecule has 1 unspecified atom stereocenters. The normalized spacial score (nSPS) is 20.5. The first-order chi connectivity index (χ1) is 8.09. The molecule has 0 saturated carbocycles. The highest BCUT2D eigenvalue weighted by molar-refractivity contribution is 9.10. The van der Waals surface area contributed by atoms with Gasteiger partial charge in [0, 0.05) is 5.56 Å². The van der Waals surface area contributed by atoms with Crippen LogP contribution in [0, 0.1) is 18.7 Å². The van der Waals surface area contributed by atoms with E-state index in [1.165, 1.54) is 6.07 Å². The van der Waals surface area contributed by atoms with E-state index < -0.39 is 0 Å². The van der Waals surface area contributed by atoms with Gasteiger partial charge in [-0.15, -0.1) is 0 Å². The lowest BCUT2D eigenvalue weighted by atomic mass is 9.90. The summed E-state index contributed by atoms with van der Waals surface area (Å²) in [7, 11) is 0. The Morgan fingerprint density at radius 2 is 2.35 bits per heavy atom. The van der Waals surface area contributed by atoms with E-state index in [0.29, 0.717) is 16.0 Å². The van der Waals surface area contributed by atoms with Gasteiger partial charge in [0.2, 0.25) is 0 Å². The summed E-state index contributed by atoms with van der Waals surface area (Å²) < 4.78 is 14.1. The van der Waals surface area contributed by atoms with Crippen LogP contribution >= 0.6 is 15.9 Å². The number of piperidine rings is 1. The van der Waals surface area contributed by atoms with Crippen molar-refractivity contribution in [3.63, 3.8) is 0 Å². The van der Waals surface area contributed by atoms with Crippen molar-refractivity contribution in [1.29, 1.82) is 0 Å². The molecular weight excluding hydrogens is 285 g/mol. The molecule has 2 rings (SSSR count). The molecule has 94 valence electrons. The standard InChI is InChI=1S/C13H17BrFNO/c1-8-10(5-9-3-2-4-16-7-9)13(17)11(14)6-12(8)15/h6,9,16-17H,2-5,7H2,1H3. The first-order valence-corrected chi connectivity index (χ1v) is 6.76. The molecule has 17 heavy (non-hydrogen) atoms. The summed E-state index contributed by atoms with van der Waals surface area (Å²) >= 11 is 3.19. The number of halogens is 2. The van der Waals surface area contributed by atoms with E-state index in [2.05, 4.69) is 21.2 Å². The molecule has 0 spiro atoms. The molecule has 2 N–H and O–H groups in total. The van der Waals surface area contributed by atoms with Gasteiger partial charge < -0.3 is 10.4 Å². The average Bonchev–Trinajstić information content (AvgIpc) is 2.33. The van der Waals surface area contributed by atoms with Gasteiger partial charge in [0.05, 0.1) is 4.47 Å². The van der Waals surface area contributed by atoms with Crippen molar-refractivity contribution < 1.29 is 9.50 Å². The predicted molar refractivity (Wildman–Crippen MR) is 69.8 cm³/mol. The van der Waals surface area contributed by atoms with E-state index in [1.54, 1.807) is 6.92 Å². The van der Waals surface area contributed by atoms with E-state index in [4.69, 9.17) is 0 Å². The minimum Gasteiger partial charge on any atom is -0.506 e. The van der Waals surface area contributed by atoms with Gasteiger partial charge in [-0.1, -0.05) is 0 Å². The lowest BCUT2D eigenvalue weighted by Crippen LogP contribution is -2.31. The van der Waals surface area contributed by atoms with Crippen molar-refractivity contribution in [2.75, 3.05) is 13.1 Å². The van der Waals surface area contributed by atoms with Crippen molar-refractivity contribution in [3.05, 3.63) is 27.5 Å². The van der Waals surface area contributed by atoms with Crippen LogP contribution in [-0.2, 0) is 6.42 Å². The number of phenolic OH excluding ortho intramolecular Hbond substituents is 1. The molecule has 0 amide bonds. The molecule has 1 fully saturated rings. The topological polar surface area (TPSA) is 32.3 Å². The molecule has 1 heterocycles. The van der Waals surface area contributed by atoms with Gasteiger partial charge in [-0.2, -0.15) is 0 Å². The van der Waals surface area contributed by atoms with Gasteiger partial charge in [0.15, 0.2) is 0 Å². The molecule has 1 atom stereocenters. The summed E-state index contributed by atoms with van der Waals surface area (Å²) in [6.07, 6.45) is 3.03. The third-order valence-electron chi connectivity index (χ3n) is 3.47. The highest BCUT2D eigenvalue weighted by Gasteiger charge is 2.19. The Morgan fingerprint density at radius 1 is 1.59 bits per heavy atom. The van der Waals surface area contributed by atoms with Gasteiger partial charge >= 0.3 is 0 Å². The summed E-state index contributed by atoms with van der Waals surface area (Å²) in [6.45, 7) is 3.74. The number of aromatic hydroxyl groups is 1. The van der Waals surface area contributed by atoms with E-state index >= 15 is 0 Å². The van der Waals surface area contributed by atoms with Gasteiger partial charge in [-0.3, -0.25) is 0 Å². The fraction of sp³-hybridized carbons (Fsp3) is 0.538. The number of phenols is 1. The minimum absolute atomic E-state index is 0.189. The smallest absolute Gasteiger partial charge is 0.133 e. The van der Waals surface area contributed by atoms with Crippen LogP contribution in [0.25, 0.3) is 0 Å². The van der Waals surface area contributed by atoms with Gasteiger partial charge in [-0.05, 0) is 72.8 Å². The second-order valence-electron chi connectivity index (χ2n) is 4.71. The quantitative estimate of drug-likeness (QED) is 0.879. The largest absolute Gasteiger partial charge is 0.506 e. The number of rotatable bonds is 2. The van der Waals surface area contributed by atoms with Crippen LogP contribution in [0.4, 0.5) is 4.39 Å². The minimum atomic E-state index is -0.256. The van der Waals surface area contributed by atoms with Crippen LogP contribution in [-0.4, -0.2) is 18.2 Å². The molecule has 2 nitrogen and oxygen atoms in total. The third-order valence-corrected chi connectivity index (χ3v) is 4.07. The average molecular weight is 302 g/mol. The van der Waals surface area contributed by atoms with Gasteiger partial charge in [0.1, 0.15) is 11.6 Å². The van der Waals surface area contributed by atoms with Crippen LogP contribution in [0.3, 0.4) is 0 Å². The van der Waals surface area contributed by atoms with Gasteiger partial charge in [-0.25, -0.2) is 4.39 Å². The fourth-order valence-corrected chi connectivity index (χ4v) is 2.83.